The van der Waals surface area contributed by atoms with Gasteiger partial charge in [0.15, 0.2) is 0 Å². The quantitative estimate of drug-likeness (QED) is 0.740. The Kier molecular flexibility index (Phi) is 5.58. The lowest BCUT2D eigenvalue weighted by Gasteiger charge is -2.06. The van der Waals surface area contributed by atoms with Gasteiger partial charge in [-0.25, -0.2) is 13.1 Å². The van der Waals surface area contributed by atoms with Crippen LogP contribution in [0.3, 0.4) is 0 Å². The molecular formula is C11H20N2O2S2. The number of aryl methyl sites for hydroxylation is 2. The zero-order chi connectivity index (χ0) is 12.9. The highest BCUT2D eigenvalue weighted by atomic mass is 32.2. The first-order valence-corrected chi connectivity index (χ1v) is 8.15. The molecule has 1 aromatic rings. The predicted octanol–water partition coefficient (Wildman–Crippen LogP) is 1.39. The third kappa shape index (κ3) is 5.16. The average Bonchev–Trinajstić information content (AvgIpc) is 2.52. The highest BCUT2D eigenvalue weighted by Crippen LogP contribution is 2.19. The lowest BCUT2D eigenvalue weighted by molar-refractivity contribution is 0.578. The summed E-state index contributed by atoms with van der Waals surface area (Å²) in [6, 6.07) is 2.14. The van der Waals surface area contributed by atoms with Crippen molar-refractivity contribution < 1.29 is 8.42 Å². The fourth-order valence-corrected chi connectivity index (χ4v) is 3.52. The molecule has 2 N–H and O–H groups in total. The van der Waals surface area contributed by atoms with Gasteiger partial charge in [0.25, 0.3) is 0 Å². The van der Waals surface area contributed by atoms with Crippen molar-refractivity contribution in [3.8, 4) is 0 Å². The van der Waals surface area contributed by atoms with E-state index in [0.29, 0.717) is 13.1 Å². The van der Waals surface area contributed by atoms with E-state index < -0.39 is 10.0 Å². The Balaban J connectivity index is 2.32. The summed E-state index contributed by atoms with van der Waals surface area (Å²) < 4.78 is 25.2. The van der Waals surface area contributed by atoms with Crippen molar-refractivity contribution in [2.45, 2.75) is 27.3 Å². The molecular weight excluding hydrogens is 256 g/mol. The van der Waals surface area contributed by atoms with Crippen LogP contribution in [0, 0.1) is 13.8 Å². The minimum atomic E-state index is -3.10. The molecule has 1 heterocycles. The molecule has 0 radical (unpaired) electrons. The Morgan fingerprint density at radius 1 is 1.35 bits per heavy atom. The van der Waals surface area contributed by atoms with E-state index in [4.69, 9.17) is 0 Å². The topological polar surface area (TPSA) is 58.2 Å². The van der Waals surface area contributed by atoms with Gasteiger partial charge in [-0.3, -0.25) is 0 Å². The third-order valence-corrected chi connectivity index (χ3v) is 4.85. The summed E-state index contributed by atoms with van der Waals surface area (Å²) in [6.07, 6.45) is 0. The summed E-state index contributed by atoms with van der Waals surface area (Å²) in [4.78, 5) is 2.59. The van der Waals surface area contributed by atoms with Crippen LogP contribution in [0.4, 0.5) is 0 Å². The predicted molar refractivity (Wildman–Crippen MR) is 73.0 cm³/mol. The van der Waals surface area contributed by atoms with Gasteiger partial charge in [0, 0.05) is 29.4 Å². The van der Waals surface area contributed by atoms with E-state index in [1.165, 1.54) is 15.3 Å². The fraction of sp³-hybridized carbons (Fsp3) is 0.636. The van der Waals surface area contributed by atoms with Crippen LogP contribution in [-0.4, -0.2) is 27.3 Å². The Hall–Kier alpha value is -0.430. The van der Waals surface area contributed by atoms with Crippen LogP contribution in [0.25, 0.3) is 0 Å². The number of hydrogen-bond acceptors (Lipinski definition) is 4. The van der Waals surface area contributed by atoms with E-state index in [0.717, 1.165) is 6.54 Å². The maximum Gasteiger partial charge on any atom is 0.212 e. The van der Waals surface area contributed by atoms with E-state index in [1.807, 2.05) is 0 Å². The molecule has 0 atom stereocenters. The molecule has 4 nitrogen and oxygen atoms in total. The van der Waals surface area contributed by atoms with Crippen molar-refractivity contribution in [3.63, 3.8) is 0 Å². The fourth-order valence-electron chi connectivity index (χ4n) is 1.58. The molecule has 0 aliphatic rings. The first kappa shape index (κ1) is 14.6. The lowest BCUT2D eigenvalue weighted by Crippen LogP contribution is -2.31. The summed E-state index contributed by atoms with van der Waals surface area (Å²) in [5.41, 5.74) is 1.26. The SMILES string of the molecule is CCNS(=O)(=O)CCNCc1cc(C)sc1C. The van der Waals surface area contributed by atoms with Crippen LogP contribution < -0.4 is 10.0 Å². The molecule has 0 saturated heterocycles. The van der Waals surface area contributed by atoms with Crippen molar-refractivity contribution in [2.24, 2.45) is 0 Å². The van der Waals surface area contributed by atoms with E-state index in [2.05, 4.69) is 30.0 Å². The molecule has 17 heavy (non-hydrogen) atoms. The van der Waals surface area contributed by atoms with Crippen LogP contribution in [0.5, 0.6) is 0 Å². The first-order chi connectivity index (χ1) is 7.94. The van der Waals surface area contributed by atoms with Gasteiger partial charge in [-0.2, -0.15) is 0 Å². The van der Waals surface area contributed by atoms with Gasteiger partial charge in [0.05, 0.1) is 5.75 Å². The summed E-state index contributed by atoms with van der Waals surface area (Å²) in [7, 11) is -3.10. The Morgan fingerprint density at radius 2 is 2.06 bits per heavy atom. The third-order valence-electron chi connectivity index (χ3n) is 2.37. The molecule has 0 aliphatic carbocycles. The number of hydrogen-bond donors (Lipinski definition) is 2. The molecule has 0 bridgehead atoms. The molecule has 0 unspecified atom stereocenters. The van der Waals surface area contributed by atoms with Gasteiger partial charge < -0.3 is 5.32 Å². The normalized spacial score (nSPS) is 11.9. The Bertz CT molecular complexity index is 452. The summed E-state index contributed by atoms with van der Waals surface area (Å²) in [5, 5.41) is 3.16. The van der Waals surface area contributed by atoms with Crippen molar-refractivity contribution in [1.29, 1.82) is 0 Å². The second-order valence-corrected chi connectivity index (χ2v) is 7.32. The second kappa shape index (κ2) is 6.49. The van der Waals surface area contributed by atoms with Gasteiger partial charge in [0.2, 0.25) is 10.0 Å². The molecule has 98 valence electrons. The maximum atomic E-state index is 11.4. The number of sulfonamides is 1. The monoisotopic (exact) mass is 276 g/mol. The van der Waals surface area contributed by atoms with Crippen LogP contribution in [0.2, 0.25) is 0 Å². The molecule has 0 aliphatic heterocycles. The van der Waals surface area contributed by atoms with Crippen molar-refractivity contribution >= 4 is 21.4 Å². The molecule has 0 saturated carbocycles. The summed E-state index contributed by atoms with van der Waals surface area (Å²) >= 11 is 1.77. The standard InChI is InChI=1S/C11H20N2O2S2/c1-4-13-17(14,15)6-5-12-8-11-7-9(2)16-10(11)3/h7,12-13H,4-6,8H2,1-3H3. The molecule has 1 aromatic heterocycles. The molecule has 0 fully saturated rings. The van der Waals surface area contributed by atoms with Gasteiger partial charge in [-0.05, 0) is 25.5 Å². The van der Waals surface area contributed by atoms with E-state index in [9.17, 15) is 8.42 Å². The average molecular weight is 276 g/mol. The zero-order valence-corrected chi connectivity index (χ0v) is 12.2. The molecule has 0 aromatic carbocycles. The highest BCUT2D eigenvalue weighted by molar-refractivity contribution is 7.89. The van der Waals surface area contributed by atoms with Crippen molar-refractivity contribution in [2.75, 3.05) is 18.8 Å². The zero-order valence-electron chi connectivity index (χ0n) is 10.5. The van der Waals surface area contributed by atoms with Crippen LogP contribution >= 0.6 is 11.3 Å². The van der Waals surface area contributed by atoms with E-state index in [-0.39, 0.29) is 5.75 Å². The van der Waals surface area contributed by atoms with Gasteiger partial charge >= 0.3 is 0 Å². The molecule has 6 heteroatoms. The van der Waals surface area contributed by atoms with Gasteiger partial charge in [-0.1, -0.05) is 6.92 Å². The Labute approximate surface area is 107 Å². The molecule has 0 amide bonds. The minimum absolute atomic E-state index is 0.128. The van der Waals surface area contributed by atoms with Crippen molar-refractivity contribution in [3.05, 3.63) is 21.4 Å². The van der Waals surface area contributed by atoms with Crippen molar-refractivity contribution in [1.82, 2.24) is 10.0 Å². The van der Waals surface area contributed by atoms with Gasteiger partial charge in [-0.15, -0.1) is 11.3 Å². The van der Waals surface area contributed by atoms with Crippen LogP contribution in [-0.2, 0) is 16.6 Å². The highest BCUT2D eigenvalue weighted by Gasteiger charge is 2.08. The number of nitrogens with one attached hydrogen (secondary N) is 2. The number of rotatable bonds is 7. The van der Waals surface area contributed by atoms with E-state index in [1.54, 1.807) is 18.3 Å². The summed E-state index contributed by atoms with van der Waals surface area (Å²) in [5.74, 6) is 0.128. The summed E-state index contributed by atoms with van der Waals surface area (Å²) in [6.45, 7) is 7.61. The van der Waals surface area contributed by atoms with Crippen LogP contribution in [0.1, 0.15) is 22.2 Å². The molecule has 1 rings (SSSR count). The van der Waals surface area contributed by atoms with Gasteiger partial charge in [0.1, 0.15) is 0 Å². The first-order valence-electron chi connectivity index (χ1n) is 5.68. The second-order valence-electron chi connectivity index (χ2n) is 3.93. The maximum absolute atomic E-state index is 11.4. The minimum Gasteiger partial charge on any atom is -0.312 e. The smallest absolute Gasteiger partial charge is 0.212 e. The van der Waals surface area contributed by atoms with E-state index >= 15 is 0 Å². The lowest BCUT2D eigenvalue weighted by atomic mass is 10.2. The largest absolute Gasteiger partial charge is 0.312 e. The van der Waals surface area contributed by atoms with Crippen LogP contribution in [0.15, 0.2) is 6.07 Å². The molecule has 0 spiro atoms. The number of thiophene rings is 1. The Morgan fingerprint density at radius 3 is 2.59 bits per heavy atom.